The summed E-state index contributed by atoms with van der Waals surface area (Å²) in [5, 5.41) is 0. The summed E-state index contributed by atoms with van der Waals surface area (Å²) in [6, 6.07) is 17.9. The van der Waals surface area contributed by atoms with E-state index in [-0.39, 0.29) is 0 Å². The fraction of sp³-hybridized carbons (Fsp3) is 0.250. The third-order valence-electron chi connectivity index (χ3n) is 2.96. The zero-order chi connectivity index (χ0) is 13.7. The summed E-state index contributed by atoms with van der Waals surface area (Å²) < 4.78 is 14.7. The van der Waals surface area contributed by atoms with Crippen LogP contribution in [0.4, 0.5) is 0 Å². The normalized spacial score (nSPS) is 12.6. The summed E-state index contributed by atoms with van der Waals surface area (Å²) in [5.74, 6) is 0. The van der Waals surface area contributed by atoms with E-state index in [0.717, 1.165) is 21.9 Å². The first-order chi connectivity index (χ1) is 9.18. The van der Waals surface area contributed by atoms with Crippen molar-refractivity contribution in [2.45, 2.75) is 6.42 Å². The summed E-state index contributed by atoms with van der Waals surface area (Å²) in [6.07, 6.45) is 0.943. The predicted molar refractivity (Wildman–Crippen MR) is 80.9 cm³/mol. The molecular formula is C16H19NOSe. The Kier molecular flexibility index (Phi) is 5.03. The van der Waals surface area contributed by atoms with Gasteiger partial charge in [0.2, 0.25) is 0 Å². The van der Waals surface area contributed by atoms with E-state index in [2.05, 4.69) is 25.1 Å². The Morgan fingerprint density at radius 3 is 2.26 bits per heavy atom. The second-order valence-electron chi connectivity index (χ2n) is 4.74. The summed E-state index contributed by atoms with van der Waals surface area (Å²) in [7, 11) is 4.12. The van der Waals surface area contributed by atoms with Crippen molar-refractivity contribution in [3.63, 3.8) is 0 Å². The van der Waals surface area contributed by atoms with Gasteiger partial charge >= 0.3 is 119 Å². The zero-order valence-corrected chi connectivity index (χ0v) is 13.1. The van der Waals surface area contributed by atoms with Crippen LogP contribution in [0.3, 0.4) is 0 Å². The van der Waals surface area contributed by atoms with Crippen LogP contribution in [0.25, 0.3) is 0 Å². The molecule has 0 aromatic heterocycles. The molecule has 0 fully saturated rings. The molecule has 0 spiro atoms. The van der Waals surface area contributed by atoms with E-state index < -0.39 is 13.8 Å². The SMILES string of the molecule is CN(C)CCc1ccccc1[Se](=O)c1ccccc1. The molecule has 19 heavy (non-hydrogen) atoms. The first-order valence-electron chi connectivity index (χ1n) is 6.38. The van der Waals surface area contributed by atoms with Crippen LogP contribution in [0.15, 0.2) is 54.6 Å². The van der Waals surface area contributed by atoms with Crippen molar-refractivity contribution in [3.8, 4) is 0 Å². The molecular weight excluding hydrogens is 301 g/mol. The van der Waals surface area contributed by atoms with E-state index in [0.29, 0.717) is 0 Å². The van der Waals surface area contributed by atoms with Crippen LogP contribution in [-0.4, -0.2) is 39.4 Å². The quantitative estimate of drug-likeness (QED) is 0.775. The molecule has 2 nitrogen and oxygen atoms in total. The van der Waals surface area contributed by atoms with Gasteiger partial charge in [0, 0.05) is 0 Å². The van der Waals surface area contributed by atoms with Crippen LogP contribution in [0.2, 0.25) is 0 Å². The molecule has 0 aliphatic heterocycles. The molecule has 0 aliphatic rings. The van der Waals surface area contributed by atoms with E-state index in [1.54, 1.807) is 0 Å². The fourth-order valence-electron chi connectivity index (χ4n) is 1.91. The maximum atomic E-state index is 12.7. The molecule has 1 atom stereocenters. The van der Waals surface area contributed by atoms with Crippen molar-refractivity contribution < 1.29 is 3.83 Å². The number of nitrogens with zero attached hydrogens (tertiary/aromatic N) is 1. The first kappa shape index (κ1) is 14.1. The molecule has 0 N–H and O–H groups in total. The standard InChI is InChI=1S/C16H19NOSe/c1-17(2)13-12-14-8-6-7-11-16(14)19(18)15-9-4-3-5-10-15/h3-11H,12-13H2,1-2H3. The Bertz CT molecular complexity index is 552. The van der Waals surface area contributed by atoms with E-state index in [9.17, 15) is 3.83 Å². The van der Waals surface area contributed by atoms with Gasteiger partial charge in [0.25, 0.3) is 0 Å². The topological polar surface area (TPSA) is 20.3 Å². The van der Waals surface area contributed by atoms with Gasteiger partial charge in [-0.05, 0) is 0 Å². The molecule has 2 aromatic carbocycles. The molecule has 0 aliphatic carbocycles. The monoisotopic (exact) mass is 321 g/mol. The van der Waals surface area contributed by atoms with E-state index in [1.807, 2.05) is 48.5 Å². The summed E-state index contributed by atoms with van der Waals surface area (Å²) in [4.78, 5) is 2.15. The molecule has 3 heteroatoms. The van der Waals surface area contributed by atoms with Gasteiger partial charge in [0.15, 0.2) is 0 Å². The van der Waals surface area contributed by atoms with E-state index >= 15 is 0 Å². The van der Waals surface area contributed by atoms with Crippen LogP contribution in [-0.2, 0) is 10.3 Å². The average molecular weight is 320 g/mol. The Hall–Kier alpha value is -1.28. The van der Waals surface area contributed by atoms with Crippen LogP contribution in [0.1, 0.15) is 5.56 Å². The summed E-state index contributed by atoms with van der Waals surface area (Å²) in [6.45, 7) is 0.977. The van der Waals surface area contributed by atoms with E-state index in [4.69, 9.17) is 0 Å². The Balaban J connectivity index is 2.27. The minimum absolute atomic E-state index is 0.943. The fourth-order valence-corrected chi connectivity index (χ4v) is 4.57. The number of likely N-dealkylation sites (N-methyl/N-ethyl adjacent to an activating group) is 1. The second-order valence-corrected chi connectivity index (χ2v) is 7.78. The molecule has 0 radical (unpaired) electrons. The van der Waals surface area contributed by atoms with Crippen molar-refractivity contribution in [2.75, 3.05) is 20.6 Å². The van der Waals surface area contributed by atoms with Gasteiger partial charge in [-0.2, -0.15) is 0 Å². The van der Waals surface area contributed by atoms with Gasteiger partial charge in [-0.3, -0.25) is 0 Å². The van der Waals surface area contributed by atoms with Crippen LogP contribution >= 0.6 is 0 Å². The van der Waals surface area contributed by atoms with Gasteiger partial charge in [0.05, 0.1) is 0 Å². The predicted octanol–water partition coefficient (Wildman–Crippen LogP) is 1.33. The Morgan fingerprint density at radius 1 is 0.947 bits per heavy atom. The zero-order valence-electron chi connectivity index (χ0n) is 11.4. The summed E-state index contributed by atoms with van der Waals surface area (Å²) >= 11 is -2.14. The number of hydrogen-bond acceptors (Lipinski definition) is 2. The molecule has 0 saturated carbocycles. The van der Waals surface area contributed by atoms with Gasteiger partial charge in [0.1, 0.15) is 0 Å². The molecule has 2 rings (SSSR count). The van der Waals surface area contributed by atoms with E-state index in [1.165, 1.54) is 5.56 Å². The third kappa shape index (κ3) is 3.84. The first-order valence-corrected chi connectivity index (χ1v) is 8.79. The second kappa shape index (κ2) is 6.76. The van der Waals surface area contributed by atoms with Crippen LogP contribution in [0.5, 0.6) is 0 Å². The number of benzene rings is 2. The van der Waals surface area contributed by atoms with Gasteiger partial charge in [-0.25, -0.2) is 0 Å². The molecule has 0 bridgehead atoms. The third-order valence-corrected chi connectivity index (χ3v) is 6.10. The Morgan fingerprint density at radius 2 is 1.58 bits per heavy atom. The van der Waals surface area contributed by atoms with Crippen molar-refractivity contribution in [1.29, 1.82) is 0 Å². The van der Waals surface area contributed by atoms with Crippen molar-refractivity contribution in [3.05, 3.63) is 60.2 Å². The van der Waals surface area contributed by atoms with Gasteiger partial charge in [-0.15, -0.1) is 0 Å². The minimum atomic E-state index is -2.14. The Labute approximate surface area is 119 Å². The van der Waals surface area contributed by atoms with Crippen molar-refractivity contribution in [2.24, 2.45) is 0 Å². The van der Waals surface area contributed by atoms with Gasteiger partial charge in [-0.1, -0.05) is 0 Å². The molecule has 0 saturated heterocycles. The van der Waals surface area contributed by atoms with Crippen molar-refractivity contribution >= 4 is 22.8 Å². The van der Waals surface area contributed by atoms with Crippen LogP contribution < -0.4 is 8.92 Å². The van der Waals surface area contributed by atoms with Gasteiger partial charge < -0.3 is 0 Å². The van der Waals surface area contributed by atoms with Crippen LogP contribution in [0, 0.1) is 0 Å². The maximum absolute atomic E-state index is 12.7. The molecule has 1 unspecified atom stereocenters. The number of rotatable bonds is 5. The molecule has 100 valence electrons. The summed E-state index contributed by atoms with van der Waals surface area (Å²) in [5.41, 5.74) is 1.21. The average Bonchev–Trinajstić information content (AvgIpc) is 2.45. The number of hydrogen-bond donors (Lipinski definition) is 0. The molecule has 0 amide bonds. The molecule has 2 aromatic rings. The molecule has 0 heterocycles. The van der Waals surface area contributed by atoms with Crippen molar-refractivity contribution in [1.82, 2.24) is 4.90 Å².